The number of imide groups is 1. The number of nitrogens with zero attached hydrogens (tertiary/aromatic N) is 3. The van der Waals surface area contributed by atoms with E-state index in [4.69, 9.17) is 4.84 Å². The molecule has 2 fully saturated rings. The quantitative estimate of drug-likeness (QED) is 0.425. The zero-order valence-corrected chi connectivity index (χ0v) is 18.0. The fraction of sp³-hybridized carbons (Fsp3) is 0.107. The summed E-state index contributed by atoms with van der Waals surface area (Å²) >= 11 is 0. The first-order valence-electron chi connectivity index (χ1n) is 11.0. The van der Waals surface area contributed by atoms with Crippen LogP contribution in [0.2, 0.25) is 0 Å². The number of carbonyl (C=O) groups is 2. The number of amides is 2. The van der Waals surface area contributed by atoms with Crippen LogP contribution in [0.5, 0.6) is 0 Å². The third-order valence-corrected chi connectivity index (χ3v) is 6.51. The van der Waals surface area contributed by atoms with Gasteiger partial charge in [-0.2, -0.15) is 5.26 Å². The van der Waals surface area contributed by atoms with Crippen LogP contribution in [-0.2, 0) is 14.4 Å². The molecule has 2 aliphatic heterocycles. The van der Waals surface area contributed by atoms with Crippen molar-refractivity contribution in [2.75, 3.05) is 9.96 Å². The minimum atomic E-state index is -0.938. The van der Waals surface area contributed by atoms with Crippen molar-refractivity contribution in [3.63, 3.8) is 0 Å². The first kappa shape index (κ1) is 20.2. The SMILES string of the molecule is N#Cc1ccc(C2C3C(=O)N(c4cccc5ccccc45)C(=O)C3ON2c2ccccc2)cc1. The van der Waals surface area contributed by atoms with Crippen molar-refractivity contribution in [3.05, 3.63) is 108 Å². The molecular weight excluding hydrogens is 426 g/mol. The lowest BCUT2D eigenvalue weighted by Gasteiger charge is -2.29. The molecule has 0 spiro atoms. The average Bonchev–Trinajstić information content (AvgIpc) is 3.40. The molecule has 34 heavy (non-hydrogen) atoms. The fourth-order valence-corrected chi connectivity index (χ4v) is 4.95. The van der Waals surface area contributed by atoms with Crippen molar-refractivity contribution in [1.82, 2.24) is 0 Å². The Hall–Kier alpha value is -4.47. The molecule has 2 heterocycles. The summed E-state index contributed by atoms with van der Waals surface area (Å²) in [7, 11) is 0. The number of benzene rings is 4. The molecule has 0 saturated carbocycles. The van der Waals surface area contributed by atoms with Crippen molar-refractivity contribution in [3.8, 4) is 6.07 Å². The maximum absolute atomic E-state index is 13.9. The number of hydrogen-bond donors (Lipinski definition) is 0. The van der Waals surface area contributed by atoms with Crippen LogP contribution in [-0.4, -0.2) is 17.9 Å². The van der Waals surface area contributed by atoms with E-state index in [0.29, 0.717) is 11.3 Å². The third-order valence-electron chi connectivity index (χ3n) is 6.51. The molecule has 6 rings (SSSR count). The predicted octanol–water partition coefficient (Wildman–Crippen LogP) is 4.76. The lowest BCUT2D eigenvalue weighted by atomic mass is 9.90. The summed E-state index contributed by atoms with van der Waals surface area (Å²) in [6, 6.07) is 31.4. The van der Waals surface area contributed by atoms with Crippen molar-refractivity contribution in [1.29, 1.82) is 5.26 Å². The van der Waals surface area contributed by atoms with E-state index in [1.54, 1.807) is 23.3 Å². The van der Waals surface area contributed by atoms with E-state index in [2.05, 4.69) is 6.07 Å². The second-order valence-corrected chi connectivity index (χ2v) is 8.40. The molecule has 0 aliphatic carbocycles. The molecule has 2 amide bonds. The normalized spacial score (nSPS) is 21.7. The van der Waals surface area contributed by atoms with Gasteiger partial charge in [0.25, 0.3) is 5.91 Å². The van der Waals surface area contributed by atoms with Crippen LogP contribution in [0.1, 0.15) is 17.2 Å². The van der Waals surface area contributed by atoms with E-state index in [0.717, 1.165) is 22.0 Å². The van der Waals surface area contributed by atoms with Gasteiger partial charge in [0.2, 0.25) is 5.91 Å². The Morgan fingerprint density at radius 3 is 2.24 bits per heavy atom. The fourth-order valence-electron chi connectivity index (χ4n) is 4.95. The van der Waals surface area contributed by atoms with Gasteiger partial charge in [0, 0.05) is 5.39 Å². The molecule has 2 saturated heterocycles. The Bertz CT molecular complexity index is 1450. The summed E-state index contributed by atoms with van der Waals surface area (Å²) in [4.78, 5) is 34.9. The van der Waals surface area contributed by atoms with E-state index in [9.17, 15) is 14.9 Å². The largest absolute Gasteiger partial charge is 0.273 e. The van der Waals surface area contributed by atoms with Crippen LogP contribution < -0.4 is 9.96 Å². The maximum Gasteiger partial charge on any atom is 0.266 e. The van der Waals surface area contributed by atoms with Gasteiger partial charge in [-0.15, -0.1) is 0 Å². The molecule has 0 radical (unpaired) electrons. The predicted molar refractivity (Wildman–Crippen MR) is 128 cm³/mol. The monoisotopic (exact) mass is 445 g/mol. The van der Waals surface area contributed by atoms with Crippen molar-refractivity contribution in [2.24, 2.45) is 5.92 Å². The average molecular weight is 445 g/mol. The Labute approximate surface area is 196 Å². The molecule has 3 atom stereocenters. The van der Waals surface area contributed by atoms with Gasteiger partial charge in [-0.25, -0.2) is 9.96 Å². The molecule has 6 heteroatoms. The van der Waals surface area contributed by atoms with Gasteiger partial charge in [0.15, 0.2) is 6.10 Å². The zero-order chi connectivity index (χ0) is 23.2. The minimum absolute atomic E-state index is 0.292. The van der Waals surface area contributed by atoms with E-state index < -0.39 is 18.1 Å². The molecule has 164 valence electrons. The highest BCUT2D eigenvalue weighted by atomic mass is 16.7. The minimum Gasteiger partial charge on any atom is -0.273 e. The van der Waals surface area contributed by atoms with Crippen LogP contribution in [0.15, 0.2) is 97.1 Å². The van der Waals surface area contributed by atoms with E-state index in [-0.39, 0.29) is 11.8 Å². The van der Waals surface area contributed by atoms with Gasteiger partial charge in [-0.3, -0.25) is 14.4 Å². The van der Waals surface area contributed by atoms with Gasteiger partial charge in [0.05, 0.1) is 29.0 Å². The van der Waals surface area contributed by atoms with Crippen LogP contribution in [0.4, 0.5) is 11.4 Å². The molecule has 4 aromatic rings. The number of nitriles is 1. The molecule has 0 aromatic heterocycles. The first-order valence-corrected chi connectivity index (χ1v) is 11.0. The van der Waals surface area contributed by atoms with Gasteiger partial charge in [-0.05, 0) is 41.3 Å². The van der Waals surface area contributed by atoms with Gasteiger partial charge >= 0.3 is 0 Å². The number of rotatable bonds is 3. The molecular formula is C28H19N3O3. The Kier molecular flexibility index (Phi) is 4.65. The number of para-hydroxylation sites is 1. The number of anilines is 2. The number of carbonyl (C=O) groups excluding carboxylic acids is 2. The van der Waals surface area contributed by atoms with Gasteiger partial charge in [0.1, 0.15) is 5.92 Å². The smallest absolute Gasteiger partial charge is 0.266 e. The van der Waals surface area contributed by atoms with Crippen LogP contribution >= 0.6 is 0 Å². The van der Waals surface area contributed by atoms with Gasteiger partial charge < -0.3 is 0 Å². The van der Waals surface area contributed by atoms with Crippen molar-refractivity contribution < 1.29 is 14.4 Å². The van der Waals surface area contributed by atoms with Crippen LogP contribution in [0.3, 0.4) is 0 Å². The standard InChI is InChI=1S/C28H19N3O3/c29-17-18-13-15-20(16-14-18)25-24-26(34-31(25)21-9-2-1-3-10-21)28(33)30(27(24)32)23-12-6-8-19-7-4-5-11-22(19)23/h1-16,24-26H. The molecule has 4 aromatic carbocycles. The second kappa shape index (κ2) is 7.84. The van der Waals surface area contributed by atoms with Crippen molar-refractivity contribution in [2.45, 2.75) is 12.1 Å². The molecule has 0 bridgehead atoms. The van der Waals surface area contributed by atoms with Crippen LogP contribution in [0.25, 0.3) is 10.8 Å². The summed E-state index contributed by atoms with van der Waals surface area (Å²) in [5.74, 6) is -1.39. The van der Waals surface area contributed by atoms with E-state index in [1.165, 1.54) is 4.90 Å². The molecule has 0 N–H and O–H groups in total. The molecule has 6 nitrogen and oxygen atoms in total. The lowest BCUT2D eigenvalue weighted by Crippen LogP contribution is -2.37. The Morgan fingerprint density at radius 2 is 1.47 bits per heavy atom. The maximum atomic E-state index is 13.9. The molecule has 3 unspecified atom stereocenters. The van der Waals surface area contributed by atoms with Crippen LogP contribution in [0, 0.1) is 17.2 Å². The highest BCUT2D eigenvalue weighted by Gasteiger charge is 2.60. The highest BCUT2D eigenvalue weighted by Crippen LogP contribution is 2.48. The zero-order valence-electron chi connectivity index (χ0n) is 18.0. The summed E-state index contributed by atoms with van der Waals surface area (Å²) in [6.45, 7) is 0. The Morgan fingerprint density at radius 1 is 0.765 bits per heavy atom. The Balaban J connectivity index is 1.46. The van der Waals surface area contributed by atoms with Crippen molar-refractivity contribution >= 4 is 34.0 Å². The summed E-state index contributed by atoms with van der Waals surface area (Å²) in [5, 5.41) is 12.7. The lowest BCUT2D eigenvalue weighted by molar-refractivity contribution is -0.126. The number of hydrogen-bond acceptors (Lipinski definition) is 5. The third kappa shape index (κ3) is 2.99. The van der Waals surface area contributed by atoms with E-state index in [1.807, 2.05) is 78.9 Å². The van der Waals surface area contributed by atoms with Gasteiger partial charge in [-0.1, -0.05) is 66.7 Å². The number of fused-ring (bicyclic) bond motifs is 2. The first-order chi connectivity index (χ1) is 16.7. The molecule has 2 aliphatic rings. The second-order valence-electron chi connectivity index (χ2n) is 8.40. The highest BCUT2D eigenvalue weighted by molar-refractivity contribution is 6.26. The summed E-state index contributed by atoms with van der Waals surface area (Å²) in [5.41, 5.74) is 2.65. The number of hydroxylamine groups is 1. The summed E-state index contributed by atoms with van der Waals surface area (Å²) in [6.07, 6.45) is -0.938. The summed E-state index contributed by atoms with van der Waals surface area (Å²) < 4.78 is 0. The topological polar surface area (TPSA) is 73.6 Å². The van der Waals surface area contributed by atoms with E-state index >= 15 is 0 Å².